The second-order valence-corrected chi connectivity index (χ2v) is 8.68. The molecule has 0 spiro atoms. The van der Waals surface area contributed by atoms with E-state index in [1.54, 1.807) is 36.4 Å². The lowest BCUT2D eigenvalue weighted by atomic mass is 9.85. The minimum absolute atomic E-state index is 0.117. The van der Waals surface area contributed by atoms with Gasteiger partial charge >= 0.3 is 0 Å². The number of carbonyl (C=O) groups is 3. The monoisotopic (exact) mass is 458 g/mol. The average molecular weight is 459 g/mol. The number of amides is 2. The Kier molecular flexibility index (Phi) is 5.77. The molecule has 1 saturated carbocycles. The van der Waals surface area contributed by atoms with Crippen molar-refractivity contribution in [1.29, 1.82) is 0 Å². The zero-order valence-corrected chi connectivity index (χ0v) is 19.1. The Morgan fingerprint density at radius 2 is 1.59 bits per heavy atom. The van der Waals surface area contributed by atoms with Gasteiger partial charge in [0.2, 0.25) is 0 Å². The van der Waals surface area contributed by atoms with Gasteiger partial charge in [0.25, 0.3) is 11.8 Å². The fraction of sp³-hybridized carbons (Fsp3) is 0.333. The SMILES string of the molecule is CCOc1cc(OCC)c(C(=O)c2ccccc2)cc1C=NN1C(=O)[C@@H]2[C@H](C1=O)[C@H]1C=C[C@H]2C1. The molecule has 0 N–H and O–H groups in total. The van der Waals surface area contributed by atoms with Crippen molar-refractivity contribution in [1.82, 2.24) is 5.01 Å². The number of ketones is 1. The molecule has 5 rings (SSSR count). The lowest BCUT2D eigenvalue weighted by Crippen LogP contribution is -2.28. The van der Waals surface area contributed by atoms with Crippen LogP contribution >= 0.6 is 0 Å². The van der Waals surface area contributed by atoms with Crippen LogP contribution in [0.3, 0.4) is 0 Å². The van der Waals surface area contributed by atoms with Crippen molar-refractivity contribution < 1.29 is 23.9 Å². The van der Waals surface area contributed by atoms with E-state index < -0.39 is 0 Å². The van der Waals surface area contributed by atoms with Gasteiger partial charge in [-0.15, -0.1) is 0 Å². The third-order valence-corrected chi connectivity index (χ3v) is 6.75. The first-order valence-corrected chi connectivity index (χ1v) is 11.7. The van der Waals surface area contributed by atoms with Crippen LogP contribution < -0.4 is 9.47 Å². The molecule has 7 heteroatoms. The molecular weight excluding hydrogens is 432 g/mol. The van der Waals surface area contributed by atoms with E-state index in [4.69, 9.17) is 9.47 Å². The van der Waals surface area contributed by atoms with Crippen LogP contribution in [0.2, 0.25) is 0 Å². The Hall–Kier alpha value is -3.74. The van der Waals surface area contributed by atoms with Crippen LogP contribution in [0.5, 0.6) is 11.5 Å². The van der Waals surface area contributed by atoms with Crippen LogP contribution in [0, 0.1) is 23.7 Å². The number of allylic oxidation sites excluding steroid dienone is 2. The Morgan fingerprint density at radius 1 is 0.971 bits per heavy atom. The van der Waals surface area contributed by atoms with Gasteiger partial charge in [-0.3, -0.25) is 14.4 Å². The third kappa shape index (κ3) is 3.61. The maximum Gasteiger partial charge on any atom is 0.254 e. The number of carbonyl (C=O) groups excluding carboxylic acids is 3. The molecule has 0 radical (unpaired) electrons. The molecule has 0 unspecified atom stereocenters. The first-order chi connectivity index (χ1) is 16.5. The minimum Gasteiger partial charge on any atom is -0.493 e. The highest BCUT2D eigenvalue weighted by atomic mass is 16.5. The number of nitrogens with zero attached hydrogens (tertiary/aromatic N) is 2. The molecule has 174 valence electrons. The number of benzene rings is 2. The average Bonchev–Trinajstić information content (AvgIpc) is 3.53. The molecule has 1 aliphatic heterocycles. The van der Waals surface area contributed by atoms with Crippen molar-refractivity contribution in [3.63, 3.8) is 0 Å². The highest BCUT2D eigenvalue weighted by molar-refractivity contribution is 6.12. The van der Waals surface area contributed by atoms with E-state index in [1.807, 2.05) is 32.1 Å². The van der Waals surface area contributed by atoms with Crippen molar-refractivity contribution in [2.24, 2.45) is 28.8 Å². The molecule has 1 saturated heterocycles. The quantitative estimate of drug-likeness (QED) is 0.260. The Labute approximate surface area is 198 Å². The van der Waals surface area contributed by atoms with Crippen molar-refractivity contribution in [3.8, 4) is 11.5 Å². The normalized spacial score (nSPS) is 24.8. The summed E-state index contributed by atoms with van der Waals surface area (Å²) in [7, 11) is 0. The van der Waals surface area contributed by atoms with E-state index in [0.717, 1.165) is 11.4 Å². The topological polar surface area (TPSA) is 85.3 Å². The van der Waals surface area contributed by atoms with E-state index in [2.05, 4.69) is 5.10 Å². The standard InChI is InChI=1S/C27H26N2O5/c1-3-33-21-14-22(34-4-2)20(25(30)16-8-6-5-7-9-16)13-19(21)15-28-29-26(31)23-17-10-11-18(12-17)24(23)27(29)32/h5-11,13-15,17-18,23-24H,3-4,12H2,1-2H3/t17-,18-,23-,24+/m0/s1. The van der Waals surface area contributed by atoms with Gasteiger partial charge in [-0.05, 0) is 38.2 Å². The molecule has 1 heterocycles. The zero-order chi connectivity index (χ0) is 23.8. The first kappa shape index (κ1) is 22.1. The number of rotatable bonds is 8. The van der Waals surface area contributed by atoms with Crippen LogP contribution in [-0.2, 0) is 9.59 Å². The summed E-state index contributed by atoms with van der Waals surface area (Å²) < 4.78 is 11.5. The van der Waals surface area contributed by atoms with Crippen molar-refractivity contribution in [3.05, 3.63) is 71.3 Å². The van der Waals surface area contributed by atoms with Crippen molar-refractivity contribution >= 4 is 23.8 Å². The first-order valence-electron chi connectivity index (χ1n) is 11.7. The molecule has 2 aliphatic carbocycles. The molecule has 2 aromatic rings. The second-order valence-electron chi connectivity index (χ2n) is 8.68. The van der Waals surface area contributed by atoms with Gasteiger partial charge in [-0.2, -0.15) is 10.1 Å². The summed E-state index contributed by atoms with van der Waals surface area (Å²) in [5.41, 5.74) is 1.37. The van der Waals surface area contributed by atoms with Crippen molar-refractivity contribution in [2.75, 3.05) is 13.2 Å². The maximum absolute atomic E-state index is 13.2. The van der Waals surface area contributed by atoms with Gasteiger partial charge in [0.05, 0.1) is 36.8 Å². The van der Waals surface area contributed by atoms with Gasteiger partial charge in [0.15, 0.2) is 5.78 Å². The van der Waals surface area contributed by atoms with Crippen LogP contribution in [0.25, 0.3) is 0 Å². The number of hydrogen-bond donors (Lipinski definition) is 0. The Balaban J connectivity index is 1.50. The molecule has 2 amide bonds. The summed E-state index contributed by atoms with van der Waals surface area (Å²) in [6.07, 6.45) is 6.38. The summed E-state index contributed by atoms with van der Waals surface area (Å²) in [5.74, 6) is -0.254. The van der Waals surface area contributed by atoms with E-state index >= 15 is 0 Å². The number of fused-ring (bicyclic) bond motifs is 5. The number of imide groups is 1. The maximum atomic E-state index is 13.2. The van der Waals surface area contributed by atoms with E-state index in [-0.39, 0.29) is 41.3 Å². The summed E-state index contributed by atoms with van der Waals surface area (Å²) in [6.45, 7) is 4.46. The van der Waals surface area contributed by atoms with Crippen molar-refractivity contribution in [2.45, 2.75) is 20.3 Å². The largest absolute Gasteiger partial charge is 0.493 e. The third-order valence-electron chi connectivity index (χ3n) is 6.75. The lowest BCUT2D eigenvalue weighted by Gasteiger charge is -2.15. The molecule has 34 heavy (non-hydrogen) atoms. The fourth-order valence-electron chi connectivity index (χ4n) is 5.28. The van der Waals surface area contributed by atoms with Gasteiger partial charge in [-0.1, -0.05) is 42.5 Å². The molecular formula is C27H26N2O5. The zero-order valence-electron chi connectivity index (χ0n) is 19.1. The summed E-state index contributed by atoms with van der Waals surface area (Å²) in [6, 6.07) is 12.2. The van der Waals surface area contributed by atoms with E-state index in [0.29, 0.717) is 41.4 Å². The summed E-state index contributed by atoms with van der Waals surface area (Å²) >= 11 is 0. The van der Waals surface area contributed by atoms with Gasteiger partial charge in [0.1, 0.15) is 11.5 Å². The van der Waals surface area contributed by atoms with E-state index in [1.165, 1.54) is 6.21 Å². The number of hydrazone groups is 1. The molecule has 7 nitrogen and oxygen atoms in total. The van der Waals surface area contributed by atoms with E-state index in [9.17, 15) is 14.4 Å². The molecule has 0 aromatic heterocycles. The Morgan fingerprint density at radius 3 is 2.21 bits per heavy atom. The molecule has 2 bridgehead atoms. The fourth-order valence-corrected chi connectivity index (χ4v) is 5.28. The van der Waals surface area contributed by atoms with Crippen LogP contribution in [0.1, 0.15) is 41.8 Å². The highest BCUT2D eigenvalue weighted by Crippen LogP contribution is 2.52. The second kappa shape index (κ2) is 8.89. The summed E-state index contributed by atoms with van der Waals surface area (Å²) in [4.78, 5) is 39.2. The van der Waals surface area contributed by atoms with Crippen LogP contribution in [-0.4, -0.2) is 42.0 Å². The smallest absolute Gasteiger partial charge is 0.254 e. The lowest BCUT2D eigenvalue weighted by molar-refractivity contribution is -0.140. The minimum atomic E-state index is -0.318. The van der Waals surface area contributed by atoms with Gasteiger partial charge in [0, 0.05) is 17.2 Å². The molecule has 4 atom stereocenters. The Bertz CT molecular complexity index is 1170. The molecule has 3 aliphatic rings. The predicted molar refractivity (Wildman–Crippen MR) is 126 cm³/mol. The van der Waals surface area contributed by atoms with Crippen LogP contribution in [0.4, 0.5) is 0 Å². The summed E-state index contributed by atoms with van der Waals surface area (Å²) in [5, 5.41) is 5.27. The van der Waals surface area contributed by atoms with Gasteiger partial charge in [-0.25, -0.2) is 0 Å². The number of ether oxygens (including phenoxy) is 2. The predicted octanol–water partition coefficient (Wildman–Crippen LogP) is 3.86. The number of hydrogen-bond acceptors (Lipinski definition) is 6. The molecule has 2 fully saturated rings. The van der Waals surface area contributed by atoms with Gasteiger partial charge < -0.3 is 9.47 Å². The molecule has 2 aromatic carbocycles. The highest BCUT2D eigenvalue weighted by Gasteiger charge is 2.59. The van der Waals surface area contributed by atoms with Crippen LogP contribution in [0.15, 0.2) is 59.7 Å².